The Hall–Kier alpha value is -3.15. The highest BCUT2D eigenvalue weighted by Gasteiger charge is 2.22. The molecule has 1 aromatic heterocycles. The first kappa shape index (κ1) is 20.7. The summed E-state index contributed by atoms with van der Waals surface area (Å²) in [7, 11) is 0. The highest BCUT2D eigenvalue weighted by Crippen LogP contribution is 2.36. The lowest BCUT2D eigenvalue weighted by atomic mass is 9.88. The van der Waals surface area contributed by atoms with Gasteiger partial charge in [0.2, 0.25) is 12.7 Å². The largest absolute Gasteiger partial charge is 0.454 e. The number of aromatic nitrogens is 1. The zero-order valence-electron chi connectivity index (χ0n) is 17.0. The second-order valence-electron chi connectivity index (χ2n) is 7.68. The van der Waals surface area contributed by atoms with Crippen LogP contribution in [0.3, 0.4) is 0 Å². The number of halogens is 2. The summed E-state index contributed by atoms with van der Waals surface area (Å²) in [5.41, 5.74) is 3.94. The molecule has 1 aliphatic heterocycles. The van der Waals surface area contributed by atoms with Crippen LogP contribution in [0.2, 0.25) is 10.0 Å². The standard InChI is InChI=1S/C25H20Cl2N2O3/c26-20-7-6-16(10-21(20)27)18(19-13-28-22-4-2-1-3-17(19)22)11-25(30)29-12-15-5-8-23-24(9-15)32-14-31-23/h1-10,13,18,28H,11-12,14H2,(H,29,30). The molecule has 0 aliphatic carbocycles. The lowest BCUT2D eigenvalue weighted by Crippen LogP contribution is -2.25. The maximum absolute atomic E-state index is 13.0. The number of carbonyl (C=O) groups excluding carboxylic acids is 1. The predicted molar refractivity (Wildman–Crippen MR) is 126 cm³/mol. The summed E-state index contributed by atoms with van der Waals surface area (Å²) < 4.78 is 10.8. The SMILES string of the molecule is O=C(CC(c1ccc(Cl)c(Cl)c1)c1c[nH]c2ccccc12)NCc1ccc2c(c1)OCO2. The molecule has 0 bridgehead atoms. The molecule has 0 saturated carbocycles. The van der Waals surface area contributed by atoms with Crippen molar-refractivity contribution in [3.05, 3.63) is 93.6 Å². The van der Waals surface area contributed by atoms with Crippen molar-refractivity contribution in [1.29, 1.82) is 0 Å². The van der Waals surface area contributed by atoms with Gasteiger partial charge in [-0.2, -0.15) is 0 Å². The summed E-state index contributed by atoms with van der Waals surface area (Å²) in [6.07, 6.45) is 2.23. The first-order chi connectivity index (χ1) is 15.6. The second kappa shape index (κ2) is 8.77. The van der Waals surface area contributed by atoms with Gasteiger partial charge in [-0.15, -0.1) is 0 Å². The fourth-order valence-corrected chi connectivity index (χ4v) is 4.33. The Balaban J connectivity index is 1.39. The van der Waals surface area contributed by atoms with Gasteiger partial charge < -0.3 is 19.8 Å². The van der Waals surface area contributed by atoms with Gasteiger partial charge in [0.15, 0.2) is 11.5 Å². The maximum Gasteiger partial charge on any atom is 0.231 e. The number of para-hydroxylation sites is 1. The molecule has 0 saturated heterocycles. The molecule has 1 aliphatic rings. The van der Waals surface area contributed by atoms with Gasteiger partial charge in [-0.3, -0.25) is 4.79 Å². The zero-order valence-corrected chi connectivity index (χ0v) is 18.5. The van der Waals surface area contributed by atoms with Gasteiger partial charge in [0.05, 0.1) is 10.0 Å². The maximum atomic E-state index is 13.0. The zero-order chi connectivity index (χ0) is 22.1. The van der Waals surface area contributed by atoms with Crippen LogP contribution in [0.5, 0.6) is 11.5 Å². The fraction of sp³-hybridized carbons (Fsp3) is 0.160. The van der Waals surface area contributed by atoms with Crippen LogP contribution >= 0.6 is 23.2 Å². The molecule has 2 N–H and O–H groups in total. The van der Waals surface area contributed by atoms with E-state index in [0.717, 1.165) is 33.3 Å². The average Bonchev–Trinajstić information content (AvgIpc) is 3.44. The summed E-state index contributed by atoms with van der Waals surface area (Å²) in [4.78, 5) is 16.3. The van der Waals surface area contributed by atoms with Gasteiger partial charge in [-0.05, 0) is 47.0 Å². The number of amides is 1. The van der Waals surface area contributed by atoms with E-state index in [0.29, 0.717) is 22.3 Å². The number of hydrogen-bond donors (Lipinski definition) is 2. The van der Waals surface area contributed by atoms with Crippen molar-refractivity contribution in [2.75, 3.05) is 6.79 Å². The molecule has 0 fully saturated rings. The number of benzene rings is 3. The third kappa shape index (κ3) is 4.14. The van der Waals surface area contributed by atoms with E-state index < -0.39 is 0 Å². The molecule has 5 nitrogen and oxygen atoms in total. The van der Waals surface area contributed by atoms with Crippen LogP contribution in [-0.4, -0.2) is 17.7 Å². The molecule has 162 valence electrons. The minimum Gasteiger partial charge on any atom is -0.454 e. The Bertz CT molecular complexity index is 1300. The van der Waals surface area contributed by atoms with Crippen molar-refractivity contribution in [2.24, 2.45) is 0 Å². The third-order valence-electron chi connectivity index (χ3n) is 5.66. The Morgan fingerprint density at radius 2 is 1.84 bits per heavy atom. The molecule has 5 rings (SSSR count). The summed E-state index contributed by atoms with van der Waals surface area (Å²) in [6, 6.07) is 19.2. The smallest absolute Gasteiger partial charge is 0.231 e. The van der Waals surface area contributed by atoms with Crippen LogP contribution in [0.15, 0.2) is 66.9 Å². The third-order valence-corrected chi connectivity index (χ3v) is 6.40. The lowest BCUT2D eigenvalue weighted by molar-refractivity contribution is -0.121. The van der Waals surface area contributed by atoms with Crippen molar-refractivity contribution in [3.63, 3.8) is 0 Å². The van der Waals surface area contributed by atoms with Gasteiger partial charge in [0, 0.05) is 36.0 Å². The van der Waals surface area contributed by atoms with Crippen LogP contribution in [0.1, 0.15) is 29.0 Å². The number of rotatable bonds is 6. The summed E-state index contributed by atoms with van der Waals surface area (Å²) in [6.45, 7) is 0.624. The normalized spacial score (nSPS) is 13.3. The molecule has 4 aromatic rings. The first-order valence-electron chi connectivity index (χ1n) is 10.2. The van der Waals surface area contributed by atoms with Crippen LogP contribution in [0, 0.1) is 0 Å². The van der Waals surface area contributed by atoms with Crippen LogP contribution in [-0.2, 0) is 11.3 Å². The average molecular weight is 467 g/mol. The van der Waals surface area contributed by atoms with Crippen LogP contribution in [0.25, 0.3) is 10.9 Å². The van der Waals surface area contributed by atoms with E-state index in [1.165, 1.54) is 0 Å². The molecular weight excluding hydrogens is 447 g/mol. The Kier molecular flexibility index (Phi) is 5.68. The minimum atomic E-state index is -0.183. The highest BCUT2D eigenvalue weighted by atomic mass is 35.5. The van der Waals surface area contributed by atoms with E-state index in [9.17, 15) is 4.79 Å². The van der Waals surface area contributed by atoms with Crippen molar-refractivity contribution in [2.45, 2.75) is 18.9 Å². The monoisotopic (exact) mass is 466 g/mol. The predicted octanol–water partition coefficient (Wildman–Crippen LogP) is 6.04. The molecule has 7 heteroatoms. The summed E-state index contributed by atoms with van der Waals surface area (Å²) in [5, 5.41) is 5.05. The number of fused-ring (bicyclic) bond motifs is 2. The van der Waals surface area contributed by atoms with Gasteiger partial charge in [-0.1, -0.05) is 53.5 Å². The highest BCUT2D eigenvalue weighted by molar-refractivity contribution is 6.42. The molecule has 2 heterocycles. The number of hydrogen-bond acceptors (Lipinski definition) is 3. The van der Waals surface area contributed by atoms with E-state index in [1.807, 2.05) is 54.7 Å². The number of nitrogens with one attached hydrogen (secondary N) is 2. The molecule has 3 aromatic carbocycles. The van der Waals surface area contributed by atoms with E-state index in [-0.39, 0.29) is 25.0 Å². The van der Waals surface area contributed by atoms with E-state index in [1.54, 1.807) is 6.07 Å². The summed E-state index contributed by atoms with van der Waals surface area (Å²) >= 11 is 12.4. The van der Waals surface area contributed by atoms with Crippen LogP contribution < -0.4 is 14.8 Å². The molecule has 0 radical (unpaired) electrons. The van der Waals surface area contributed by atoms with E-state index >= 15 is 0 Å². The Labute approximate surface area is 195 Å². The van der Waals surface area contributed by atoms with Crippen molar-refractivity contribution in [1.82, 2.24) is 10.3 Å². The number of ether oxygens (including phenoxy) is 2. The van der Waals surface area contributed by atoms with E-state index in [2.05, 4.69) is 16.4 Å². The lowest BCUT2D eigenvalue weighted by Gasteiger charge is -2.18. The minimum absolute atomic E-state index is 0.0657. The van der Waals surface area contributed by atoms with Gasteiger partial charge in [-0.25, -0.2) is 0 Å². The molecule has 1 amide bonds. The van der Waals surface area contributed by atoms with E-state index in [4.69, 9.17) is 32.7 Å². The molecular formula is C25H20Cl2N2O3. The molecule has 0 spiro atoms. The number of aromatic amines is 1. The Morgan fingerprint density at radius 3 is 2.72 bits per heavy atom. The van der Waals surface area contributed by atoms with Crippen LogP contribution in [0.4, 0.5) is 0 Å². The first-order valence-corrected chi connectivity index (χ1v) is 11.0. The molecule has 32 heavy (non-hydrogen) atoms. The fourth-order valence-electron chi connectivity index (χ4n) is 4.03. The Morgan fingerprint density at radius 1 is 1.00 bits per heavy atom. The van der Waals surface area contributed by atoms with Crippen molar-refractivity contribution in [3.8, 4) is 11.5 Å². The van der Waals surface area contributed by atoms with Gasteiger partial charge in [0.25, 0.3) is 0 Å². The summed E-state index contributed by atoms with van der Waals surface area (Å²) in [5.74, 6) is 1.17. The second-order valence-corrected chi connectivity index (χ2v) is 8.50. The molecule has 1 atom stereocenters. The van der Waals surface area contributed by atoms with Gasteiger partial charge in [0.1, 0.15) is 0 Å². The number of carbonyl (C=O) groups is 1. The van der Waals surface area contributed by atoms with Crippen molar-refractivity contribution < 1.29 is 14.3 Å². The molecule has 1 unspecified atom stereocenters. The van der Waals surface area contributed by atoms with Crippen molar-refractivity contribution >= 4 is 40.0 Å². The quantitative estimate of drug-likeness (QED) is 0.363. The number of H-pyrrole nitrogens is 1. The topological polar surface area (TPSA) is 63.4 Å². The van der Waals surface area contributed by atoms with Gasteiger partial charge >= 0.3 is 0 Å².